The number of rotatable bonds is 3. The highest BCUT2D eigenvalue weighted by Gasteiger charge is 2.31. The van der Waals surface area contributed by atoms with Gasteiger partial charge in [-0.3, -0.25) is 4.21 Å². The van der Waals surface area contributed by atoms with E-state index in [4.69, 9.17) is 5.73 Å². The van der Waals surface area contributed by atoms with Crippen LogP contribution in [-0.2, 0) is 22.7 Å². The fraction of sp³-hybridized carbons (Fsp3) is 0.143. The minimum absolute atomic E-state index is 0.0514. The molecular weight excluding hydrogens is 306 g/mol. The highest BCUT2D eigenvalue weighted by molar-refractivity contribution is 7.84. The molecule has 0 bridgehead atoms. The van der Waals surface area contributed by atoms with Crippen LogP contribution in [0.2, 0.25) is 0 Å². The maximum Gasteiger partial charge on any atom is 0.416 e. The van der Waals surface area contributed by atoms with Crippen LogP contribution in [0.3, 0.4) is 0 Å². The molecule has 0 heterocycles. The molecule has 1 unspecified atom stereocenters. The Bertz CT molecular complexity index is 668. The summed E-state index contributed by atoms with van der Waals surface area (Å²) in [5.41, 5.74) is 5.09. The number of hydrogen-bond acceptors (Lipinski definition) is 2. The van der Waals surface area contributed by atoms with Gasteiger partial charge in [-0.25, -0.2) is 4.39 Å². The molecule has 0 aliphatic heterocycles. The molecule has 1 atom stereocenters. The van der Waals surface area contributed by atoms with Crippen LogP contribution in [-0.4, -0.2) is 4.21 Å². The Morgan fingerprint density at radius 1 is 1.05 bits per heavy atom. The number of nitrogen functional groups attached to an aromatic ring is 1. The molecule has 0 aliphatic carbocycles. The summed E-state index contributed by atoms with van der Waals surface area (Å²) in [5, 5.41) is 0. The molecule has 2 aromatic rings. The first kappa shape index (κ1) is 15.5. The van der Waals surface area contributed by atoms with Crippen molar-refractivity contribution < 1.29 is 21.8 Å². The third-order valence-corrected chi connectivity index (χ3v) is 4.25. The fourth-order valence-corrected chi connectivity index (χ4v) is 2.93. The van der Waals surface area contributed by atoms with E-state index in [0.29, 0.717) is 5.56 Å². The SMILES string of the molecule is Nc1cc(C(F)(F)F)ccc1S(=O)Cc1ccc(F)cc1. The number of alkyl halides is 3. The van der Waals surface area contributed by atoms with Crippen molar-refractivity contribution in [1.29, 1.82) is 0 Å². The van der Waals surface area contributed by atoms with Crippen LogP contribution in [0.25, 0.3) is 0 Å². The van der Waals surface area contributed by atoms with E-state index in [0.717, 1.165) is 18.2 Å². The summed E-state index contributed by atoms with van der Waals surface area (Å²) in [6.07, 6.45) is -4.49. The van der Waals surface area contributed by atoms with E-state index in [1.54, 1.807) is 0 Å². The molecule has 0 saturated heterocycles. The zero-order chi connectivity index (χ0) is 15.6. The first-order valence-electron chi connectivity index (χ1n) is 5.87. The van der Waals surface area contributed by atoms with Gasteiger partial charge in [0, 0.05) is 5.69 Å². The molecule has 2 N–H and O–H groups in total. The van der Waals surface area contributed by atoms with Crippen LogP contribution in [0.5, 0.6) is 0 Å². The van der Waals surface area contributed by atoms with Crippen molar-refractivity contribution in [3.63, 3.8) is 0 Å². The second-order valence-corrected chi connectivity index (χ2v) is 5.79. The van der Waals surface area contributed by atoms with Crippen LogP contribution in [0.1, 0.15) is 11.1 Å². The van der Waals surface area contributed by atoms with Gasteiger partial charge < -0.3 is 5.73 Å². The van der Waals surface area contributed by atoms with Crippen LogP contribution in [0.15, 0.2) is 47.4 Å². The third-order valence-electron chi connectivity index (χ3n) is 2.79. The lowest BCUT2D eigenvalue weighted by Crippen LogP contribution is -2.08. The Balaban J connectivity index is 2.22. The van der Waals surface area contributed by atoms with E-state index >= 15 is 0 Å². The Hall–Kier alpha value is -1.89. The highest BCUT2D eigenvalue weighted by Crippen LogP contribution is 2.32. The van der Waals surface area contributed by atoms with Crippen molar-refractivity contribution in [2.75, 3.05) is 5.73 Å². The number of anilines is 1. The van der Waals surface area contributed by atoms with Crippen molar-refractivity contribution >= 4 is 16.5 Å². The maximum absolute atomic E-state index is 12.8. The van der Waals surface area contributed by atoms with Crippen LogP contribution in [0.4, 0.5) is 23.2 Å². The molecule has 112 valence electrons. The van der Waals surface area contributed by atoms with Gasteiger partial charge in [-0.05, 0) is 35.9 Å². The topological polar surface area (TPSA) is 43.1 Å². The number of nitrogens with two attached hydrogens (primary N) is 1. The summed E-state index contributed by atoms with van der Waals surface area (Å²) < 4.78 is 62.5. The van der Waals surface area contributed by atoms with Gasteiger partial charge in [-0.15, -0.1) is 0 Å². The summed E-state index contributed by atoms with van der Waals surface area (Å²) in [4.78, 5) is 0.132. The molecular formula is C14H11F4NOS. The smallest absolute Gasteiger partial charge is 0.398 e. The molecule has 2 rings (SSSR count). The van der Waals surface area contributed by atoms with Crippen LogP contribution >= 0.6 is 0 Å². The van der Waals surface area contributed by atoms with E-state index < -0.39 is 28.4 Å². The first-order chi connectivity index (χ1) is 9.77. The third kappa shape index (κ3) is 3.81. The standard InChI is InChI=1S/C14H11F4NOS/c15-11-4-1-9(2-5-11)8-21(20)13-6-3-10(7-12(13)19)14(16,17)18/h1-7H,8,19H2. The molecule has 0 saturated carbocycles. The van der Waals surface area contributed by atoms with E-state index in [9.17, 15) is 21.8 Å². The van der Waals surface area contributed by atoms with Gasteiger partial charge in [-0.2, -0.15) is 13.2 Å². The number of hydrogen-bond donors (Lipinski definition) is 1. The molecule has 2 aromatic carbocycles. The quantitative estimate of drug-likeness (QED) is 0.692. The van der Waals surface area contributed by atoms with Crippen molar-refractivity contribution in [3.8, 4) is 0 Å². The summed E-state index contributed by atoms with van der Waals surface area (Å²) in [6.45, 7) is 0. The lowest BCUT2D eigenvalue weighted by molar-refractivity contribution is -0.137. The van der Waals surface area contributed by atoms with E-state index in [1.807, 2.05) is 0 Å². The minimum Gasteiger partial charge on any atom is -0.398 e. The lowest BCUT2D eigenvalue weighted by atomic mass is 10.2. The normalized spacial score (nSPS) is 13.1. The zero-order valence-corrected chi connectivity index (χ0v) is 11.5. The van der Waals surface area contributed by atoms with Gasteiger partial charge in [0.05, 0.1) is 27.0 Å². The minimum atomic E-state index is -4.49. The van der Waals surface area contributed by atoms with Gasteiger partial charge >= 0.3 is 6.18 Å². The van der Waals surface area contributed by atoms with E-state index in [-0.39, 0.29) is 16.3 Å². The maximum atomic E-state index is 12.8. The van der Waals surface area contributed by atoms with Gasteiger partial charge in [0.2, 0.25) is 0 Å². The lowest BCUT2D eigenvalue weighted by Gasteiger charge is -2.10. The Labute approximate surface area is 121 Å². The molecule has 7 heteroatoms. The van der Waals surface area contributed by atoms with Gasteiger partial charge in [-0.1, -0.05) is 12.1 Å². The van der Waals surface area contributed by atoms with Gasteiger partial charge in [0.25, 0.3) is 0 Å². The number of benzene rings is 2. The monoisotopic (exact) mass is 317 g/mol. The molecule has 0 amide bonds. The fourth-order valence-electron chi connectivity index (χ4n) is 1.74. The van der Waals surface area contributed by atoms with Crippen molar-refractivity contribution in [2.24, 2.45) is 0 Å². The summed E-state index contributed by atoms with van der Waals surface area (Å²) in [6, 6.07) is 8.09. The molecule has 0 spiro atoms. The Kier molecular flexibility index (Phi) is 4.32. The Morgan fingerprint density at radius 2 is 1.67 bits per heavy atom. The summed E-state index contributed by atoms with van der Waals surface area (Å²) >= 11 is 0. The van der Waals surface area contributed by atoms with E-state index in [2.05, 4.69) is 0 Å². The second-order valence-electron chi connectivity index (χ2n) is 4.37. The van der Waals surface area contributed by atoms with Gasteiger partial charge in [0.15, 0.2) is 0 Å². The molecule has 0 aromatic heterocycles. The van der Waals surface area contributed by atoms with Crippen molar-refractivity contribution in [3.05, 3.63) is 59.4 Å². The first-order valence-corrected chi connectivity index (χ1v) is 7.19. The predicted octanol–water partition coefficient (Wildman–Crippen LogP) is 3.73. The average molecular weight is 317 g/mol. The molecule has 21 heavy (non-hydrogen) atoms. The van der Waals surface area contributed by atoms with Crippen LogP contribution in [0, 0.1) is 5.82 Å². The predicted molar refractivity (Wildman–Crippen MR) is 72.4 cm³/mol. The van der Waals surface area contributed by atoms with E-state index in [1.165, 1.54) is 24.3 Å². The zero-order valence-electron chi connectivity index (χ0n) is 10.7. The summed E-state index contributed by atoms with van der Waals surface area (Å²) in [5.74, 6) is -0.367. The average Bonchev–Trinajstić information content (AvgIpc) is 2.40. The van der Waals surface area contributed by atoms with Crippen molar-refractivity contribution in [2.45, 2.75) is 16.8 Å². The largest absolute Gasteiger partial charge is 0.416 e. The summed E-state index contributed by atoms with van der Waals surface area (Å²) in [7, 11) is -1.60. The molecule has 0 fully saturated rings. The van der Waals surface area contributed by atoms with Gasteiger partial charge in [0.1, 0.15) is 5.82 Å². The molecule has 2 nitrogen and oxygen atoms in total. The number of halogens is 4. The van der Waals surface area contributed by atoms with Crippen molar-refractivity contribution in [1.82, 2.24) is 0 Å². The molecule has 0 aliphatic rings. The molecule has 0 radical (unpaired) electrons. The highest BCUT2D eigenvalue weighted by atomic mass is 32.2. The Morgan fingerprint density at radius 3 is 2.19 bits per heavy atom. The second kappa shape index (κ2) is 5.85. The van der Waals surface area contributed by atoms with Crippen LogP contribution < -0.4 is 5.73 Å².